The van der Waals surface area contributed by atoms with Gasteiger partial charge in [0.05, 0.1) is 5.69 Å². The molecule has 0 fully saturated rings. The Morgan fingerprint density at radius 2 is 2.11 bits per heavy atom. The first kappa shape index (κ1) is 15.1. The van der Waals surface area contributed by atoms with Crippen LogP contribution in [0.15, 0.2) is 29.3 Å². The maximum Gasteiger partial charge on any atom is 0.251 e. The van der Waals surface area contributed by atoms with Crippen LogP contribution in [0.4, 0.5) is 5.69 Å². The average Bonchev–Trinajstić information content (AvgIpc) is 2.45. The molecule has 0 spiro atoms. The second kappa shape index (κ2) is 8.16. The summed E-state index contributed by atoms with van der Waals surface area (Å²) in [6, 6.07) is 6.93. The molecule has 0 atom stereocenters. The summed E-state index contributed by atoms with van der Waals surface area (Å²) in [6.45, 7) is 2.67. The molecule has 19 heavy (non-hydrogen) atoms. The summed E-state index contributed by atoms with van der Waals surface area (Å²) in [4.78, 5) is 15.9. The van der Waals surface area contributed by atoms with E-state index in [1.807, 2.05) is 19.4 Å². The Bertz CT molecular complexity index is 490. The van der Waals surface area contributed by atoms with Crippen LogP contribution in [0.25, 0.3) is 0 Å². The normalized spacial score (nSPS) is 10.7. The molecule has 0 radical (unpaired) electrons. The number of aliphatic imine (C=N–C) groups is 1. The molecule has 6 heteroatoms. The van der Waals surface area contributed by atoms with E-state index >= 15 is 0 Å². The van der Waals surface area contributed by atoms with Gasteiger partial charge in [-0.15, -0.1) is 0 Å². The second-order valence-corrected chi connectivity index (χ2v) is 4.46. The molecule has 0 aliphatic rings. The van der Waals surface area contributed by atoms with Gasteiger partial charge in [-0.1, -0.05) is 18.7 Å². The molecule has 0 unspecified atom stereocenters. The van der Waals surface area contributed by atoms with E-state index in [1.54, 1.807) is 24.3 Å². The molecule has 1 aromatic carbocycles. The third-order valence-electron chi connectivity index (χ3n) is 2.25. The number of nitriles is 1. The summed E-state index contributed by atoms with van der Waals surface area (Å²) < 4.78 is 0. The number of carbonyl (C=O) groups is 1. The number of carbonyl (C=O) groups excluding carboxylic acids is 1. The van der Waals surface area contributed by atoms with E-state index in [4.69, 9.17) is 5.26 Å². The minimum absolute atomic E-state index is 0.0855. The summed E-state index contributed by atoms with van der Waals surface area (Å²) in [5.74, 6) is -0.0855. The summed E-state index contributed by atoms with van der Waals surface area (Å²) in [6.07, 6.45) is 4.56. The molecular formula is C13H16N4OS. The predicted molar refractivity (Wildman–Crippen MR) is 78.4 cm³/mol. The zero-order chi connectivity index (χ0) is 14.1. The van der Waals surface area contributed by atoms with Crippen molar-refractivity contribution in [2.24, 2.45) is 4.99 Å². The monoisotopic (exact) mass is 276 g/mol. The highest BCUT2D eigenvalue weighted by molar-refractivity contribution is 8.13. The molecule has 2 N–H and O–H groups in total. The van der Waals surface area contributed by atoms with Gasteiger partial charge in [-0.2, -0.15) is 5.26 Å². The number of nitrogens with zero attached hydrogens (tertiary/aromatic N) is 2. The molecular weight excluding hydrogens is 260 g/mol. The van der Waals surface area contributed by atoms with Gasteiger partial charge in [0.15, 0.2) is 11.4 Å². The summed E-state index contributed by atoms with van der Waals surface area (Å²) in [7, 11) is 0. The van der Waals surface area contributed by atoms with Crippen LogP contribution in [-0.2, 0) is 0 Å². The van der Waals surface area contributed by atoms with Crippen LogP contribution in [0.2, 0.25) is 0 Å². The van der Waals surface area contributed by atoms with E-state index in [2.05, 4.69) is 15.6 Å². The number of benzene rings is 1. The minimum atomic E-state index is -0.0855. The first-order chi connectivity index (χ1) is 9.21. The quantitative estimate of drug-likeness (QED) is 0.383. The Kier molecular flexibility index (Phi) is 6.47. The van der Waals surface area contributed by atoms with Crippen molar-refractivity contribution in [3.63, 3.8) is 0 Å². The van der Waals surface area contributed by atoms with Crippen LogP contribution in [0.5, 0.6) is 0 Å². The molecule has 1 aromatic rings. The molecule has 0 saturated heterocycles. The van der Waals surface area contributed by atoms with E-state index in [0.29, 0.717) is 23.0 Å². The first-order valence-electron chi connectivity index (χ1n) is 5.87. The van der Waals surface area contributed by atoms with Crippen LogP contribution < -0.4 is 10.6 Å². The van der Waals surface area contributed by atoms with Crippen molar-refractivity contribution in [3.8, 4) is 6.19 Å². The van der Waals surface area contributed by atoms with Crippen molar-refractivity contribution < 1.29 is 4.79 Å². The maximum atomic E-state index is 11.7. The van der Waals surface area contributed by atoms with E-state index < -0.39 is 0 Å². The molecule has 0 heterocycles. The SMILES string of the molecule is CCCNC(=O)c1ccc(N=C(NC#N)SC)cc1. The van der Waals surface area contributed by atoms with Crippen LogP contribution in [0.1, 0.15) is 23.7 Å². The van der Waals surface area contributed by atoms with Gasteiger partial charge in [-0.3, -0.25) is 10.1 Å². The smallest absolute Gasteiger partial charge is 0.251 e. The molecule has 0 aliphatic heterocycles. The van der Waals surface area contributed by atoms with Crippen molar-refractivity contribution in [3.05, 3.63) is 29.8 Å². The third-order valence-corrected chi connectivity index (χ3v) is 2.83. The summed E-state index contributed by atoms with van der Waals surface area (Å²) >= 11 is 1.35. The number of amides is 1. The minimum Gasteiger partial charge on any atom is -0.352 e. The molecule has 0 aliphatic carbocycles. The van der Waals surface area contributed by atoms with Gasteiger partial charge in [0.2, 0.25) is 0 Å². The van der Waals surface area contributed by atoms with Crippen LogP contribution in [0.3, 0.4) is 0 Å². The number of hydrogen-bond acceptors (Lipinski definition) is 4. The average molecular weight is 276 g/mol. The van der Waals surface area contributed by atoms with Crippen LogP contribution in [-0.4, -0.2) is 23.9 Å². The van der Waals surface area contributed by atoms with Crippen molar-refractivity contribution >= 4 is 28.5 Å². The topological polar surface area (TPSA) is 77.3 Å². The Morgan fingerprint density at radius 3 is 2.63 bits per heavy atom. The van der Waals surface area contributed by atoms with Gasteiger partial charge < -0.3 is 5.32 Å². The third kappa shape index (κ3) is 5.02. The zero-order valence-electron chi connectivity index (χ0n) is 10.9. The molecule has 0 bridgehead atoms. The van der Waals surface area contributed by atoms with Gasteiger partial charge in [0.25, 0.3) is 5.91 Å². The van der Waals surface area contributed by atoms with E-state index in [1.165, 1.54) is 11.8 Å². The zero-order valence-corrected chi connectivity index (χ0v) is 11.8. The van der Waals surface area contributed by atoms with Gasteiger partial charge >= 0.3 is 0 Å². The maximum absolute atomic E-state index is 11.7. The van der Waals surface area contributed by atoms with Gasteiger partial charge in [-0.25, -0.2) is 4.99 Å². The molecule has 1 amide bonds. The van der Waals surface area contributed by atoms with Crippen LogP contribution in [0, 0.1) is 11.5 Å². The molecule has 0 saturated carbocycles. The number of nitrogens with one attached hydrogen (secondary N) is 2. The molecule has 100 valence electrons. The first-order valence-corrected chi connectivity index (χ1v) is 7.09. The lowest BCUT2D eigenvalue weighted by Crippen LogP contribution is -2.23. The van der Waals surface area contributed by atoms with Crippen molar-refractivity contribution in [1.82, 2.24) is 10.6 Å². The number of amidine groups is 1. The predicted octanol–water partition coefficient (Wildman–Crippen LogP) is 2.25. The highest BCUT2D eigenvalue weighted by Crippen LogP contribution is 2.15. The highest BCUT2D eigenvalue weighted by Gasteiger charge is 2.04. The van der Waals surface area contributed by atoms with Gasteiger partial charge in [-0.05, 0) is 36.9 Å². The Hall–Kier alpha value is -2.00. The van der Waals surface area contributed by atoms with Crippen molar-refractivity contribution in [2.75, 3.05) is 12.8 Å². The van der Waals surface area contributed by atoms with Gasteiger partial charge in [0.1, 0.15) is 0 Å². The van der Waals surface area contributed by atoms with E-state index in [0.717, 1.165) is 6.42 Å². The van der Waals surface area contributed by atoms with Crippen LogP contribution >= 0.6 is 11.8 Å². The van der Waals surface area contributed by atoms with Gasteiger partial charge in [0, 0.05) is 12.1 Å². The summed E-state index contributed by atoms with van der Waals surface area (Å²) in [5, 5.41) is 14.3. The number of rotatable bonds is 4. The molecule has 1 rings (SSSR count). The Balaban J connectivity index is 2.76. The lowest BCUT2D eigenvalue weighted by atomic mass is 10.2. The summed E-state index contributed by atoms with van der Waals surface area (Å²) in [5.41, 5.74) is 1.30. The fourth-order valence-electron chi connectivity index (χ4n) is 1.32. The largest absolute Gasteiger partial charge is 0.352 e. The highest BCUT2D eigenvalue weighted by atomic mass is 32.2. The second-order valence-electron chi connectivity index (χ2n) is 3.66. The van der Waals surface area contributed by atoms with E-state index in [-0.39, 0.29) is 5.91 Å². The standard InChI is InChI=1S/C13H16N4OS/c1-3-8-15-12(18)10-4-6-11(7-5-10)17-13(19-2)16-9-14/h4-7H,3,8H2,1-2H3,(H,15,18)(H,16,17). The number of hydrogen-bond donors (Lipinski definition) is 2. The fourth-order valence-corrected chi connectivity index (χ4v) is 1.66. The lowest BCUT2D eigenvalue weighted by molar-refractivity contribution is 0.0953. The fraction of sp³-hybridized carbons (Fsp3) is 0.308. The van der Waals surface area contributed by atoms with Crippen molar-refractivity contribution in [2.45, 2.75) is 13.3 Å². The number of thioether (sulfide) groups is 1. The lowest BCUT2D eigenvalue weighted by Gasteiger charge is -2.04. The molecule has 0 aromatic heterocycles. The Labute approximate surface area is 117 Å². The Morgan fingerprint density at radius 1 is 1.42 bits per heavy atom. The van der Waals surface area contributed by atoms with E-state index in [9.17, 15) is 4.79 Å². The van der Waals surface area contributed by atoms with Crippen molar-refractivity contribution in [1.29, 1.82) is 5.26 Å². The molecule has 5 nitrogen and oxygen atoms in total.